The zero-order valence-corrected chi connectivity index (χ0v) is 14.1. The predicted octanol–water partition coefficient (Wildman–Crippen LogP) is 3.62. The molecular weight excluding hydrogens is 286 g/mol. The van der Waals surface area contributed by atoms with Gasteiger partial charge in [-0.2, -0.15) is 0 Å². The molecule has 0 saturated heterocycles. The molecule has 1 unspecified atom stereocenters. The lowest BCUT2D eigenvalue weighted by atomic mass is 9.87. The Labute approximate surface area is 138 Å². The number of hydrogen-bond acceptors (Lipinski definition) is 3. The van der Waals surface area contributed by atoms with Gasteiger partial charge in [-0.05, 0) is 31.1 Å². The van der Waals surface area contributed by atoms with Gasteiger partial charge in [0.25, 0.3) is 0 Å². The summed E-state index contributed by atoms with van der Waals surface area (Å²) in [5, 5.41) is 10.7. The molecule has 0 amide bonds. The molecule has 122 valence electrons. The lowest BCUT2D eigenvalue weighted by Gasteiger charge is -2.23. The summed E-state index contributed by atoms with van der Waals surface area (Å²) in [5.41, 5.74) is 0.800. The number of carbonyl (C=O) groups is 1. The van der Waals surface area contributed by atoms with Crippen LogP contribution in [0, 0.1) is 0 Å². The highest BCUT2D eigenvalue weighted by Gasteiger charge is 2.32. The van der Waals surface area contributed by atoms with E-state index in [1.807, 2.05) is 30.3 Å². The number of aliphatic hydroxyl groups is 1. The van der Waals surface area contributed by atoms with E-state index in [0.717, 1.165) is 19.6 Å². The van der Waals surface area contributed by atoms with Crippen molar-refractivity contribution in [2.75, 3.05) is 13.1 Å². The molecule has 23 heavy (non-hydrogen) atoms. The fourth-order valence-corrected chi connectivity index (χ4v) is 2.64. The molecule has 0 bridgehead atoms. The largest absolute Gasteiger partial charge is 0.377 e. The number of nitrogens with zero attached hydrogens (tertiary/aromatic N) is 1. The van der Waals surface area contributed by atoms with E-state index < -0.39 is 5.60 Å². The SMILES string of the molecule is CCN(CC)Cc1ccc(C(C)(O)C(=O)c2ccccc2)cc1. The van der Waals surface area contributed by atoms with Gasteiger partial charge in [-0.15, -0.1) is 0 Å². The molecule has 0 heterocycles. The summed E-state index contributed by atoms with van der Waals surface area (Å²) in [5.74, 6) is -0.283. The zero-order valence-electron chi connectivity index (χ0n) is 14.1. The lowest BCUT2D eigenvalue weighted by molar-refractivity contribution is 0.0392. The highest BCUT2D eigenvalue weighted by Crippen LogP contribution is 2.26. The first-order valence-electron chi connectivity index (χ1n) is 8.13. The van der Waals surface area contributed by atoms with Crippen LogP contribution < -0.4 is 0 Å². The van der Waals surface area contributed by atoms with Crippen molar-refractivity contribution in [1.82, 2.24) is 4.90 Å². The first-order valence-corrected chi connectivity index (χ1v) is 8.13. The van der Waals surface area contributed by atoms with E-state index in [-0.39, 0.29) is 5.78 Å². The second-order valence-corrected chi connectivity index (χ2v) is 5.93. The molecule has 0 spiro atoms. The third kappa shape index (κ3) is 4.06. The van der Waals surface area contributed by atoms with E-state index >= 15 is 0 Å². The summed E-state index contributed by atoms with van der Waals surface area (Å²) in [4.78, 5) is 14.9. The summed E-state index contributed by atoms with van der Waals surface area (Å²) >= 11 is 0. The third-order valence-corrected chi connectivity index (χ3v) is 4.29. The molecule has 0 fully saturated rings. The Bertz CT molecular complexity index is 628. The van der Waals surface area contributed by atoms with Crippen LogP contribution in [0.5, 0.6) is 0 Å². The highest BCUT2D eigenvalue weighted by atomic mass is 16.3. The first kappa shape index (κ1) is 17.4. The lowest BCUT2D eigenvalue weighted by Crippen LogP contribution is -2.32. The topological polar surface area (TPSA) is 40.5 Å². The van der Waals surface area contributed by atoms with Crippen LogP contribution in [0.1, 0.15) is 42.3 Å². The summed E-state index contributed by atoms with van der Waals surface area (Å²) in [7, 11) is 0. The van der Waals surface area contributed by atoms with Crippen LogP contribution >= 0.6 is 0 Å². The molecule has 2 aromatic carbocycles. The van der Waals surface area contributed by atoms with Gasteiger partial charge in [0.05, 0.1) is 0 Å². The molecule has 0 aliphatic rings. The quantitative estimate of drug-likeness (QED) is 0.794. The van der Waals surface area contributed by atoms with Crippen LogP contribution in [0.3, 0.4) is 0 Å². The molecule has 0 aliphatic heterocycles. The monoisotopic (exact) mass is 311 g/mol. The van der Waals surface area contributed by atoms with E-state index in [9.17, 15) is 9.90 Å². The van der Waals surface area contributed by atoms with Crippen molar-refractivity contribution in [1.29, 1.82) is 0 Å². The van der Waals surface area contributed by atoms with Gasteiger partial charge >= 0.3 is 0 Å². The summed E-state index contributed by atoms with van der Waals surface area (Å²) in [6.07, 6.45) is 0. The van der Waals surface area contributed by atoms with Gasteiger partial charge in [-0.1, -0.05) is 68.4 Å². The Kier molecular flexibility index (Phi) is 5.69. The van der Waals surface area contributed by atoms with Gasteiger partial charge in [0.15, 0.2) is 5.78 Å². The average Bonchev–Trinajstić information content (AvgIpc) is 2.60. The number of benzene rings is 2. The fraction of sp³-hybridized carbons (Fsp3) is 0.350. The van der Waals surface area contributed by atoms with Crippen LogP contribution in [0.4, 0.5) is 0 Å². The first-order chi connectivity index (χ1) is 11.0. The number of Topliss-reactive ketones (excluding diaryl/α,β-unsaturated/α-hetero) is 1. The van der Waals surface area contributed by atoms with E-state index in [1.165, 1.54) is 5.56 Å². The molecule has 0 aromatic heterocycles. The van der Waals surface area contributed by atoms with Crippen molar-refractivity contribution in [3.63, 3.8) is 0 Å². The molecule has 0 radical (unpaired) electrons. The van der Waals surface area contributed by atoms with Gasteiger partial charge in [0, 0.05) is 12.1 Å². The Balaban J connectivity index is 2.19. The Morgan fingerprint density at radius 3 is 2.09 bits per heavy atom. The third-order valence-electron chi connectivity index (χ3n) is 4.29. The van der Waals surface area contributed by atoms with Gasteiger partial charge in [-0.25, -0.2) is 0 Å². The fourth-order valence-electron chi connectivity index (χ4n) is 2.64. The van der Waals surface area contributed by atoms with Crippen LogP contribution in [-0.2, 0) is 12.1 Å². The Morgan fingerprint density at radius 2 is 1.57 bits per heavy atom. The second kappa shape index (κ2) is 7.53. The standard InChI is InChI=1S/C20H25NO2/c1-4-21(5-2)15-16-11-13-18(14-12-16)20(3,23)19(22)17-9-7-6-8-10-17/h6-14,23H,4-5,15H2,1-3H3. The van der Waals surface area contributed by atoms with Crippen molar-refractivity contribution in [2.45, 2.75) is 32.9 Å². The normalized spacial score (nSPS) is 13.8. The number of rotatable bonds is 7. The molecule has 0 aliphatic carbocycles. The minimum absolute atomic E-state index is 0.283. The van der Waals surface area contributed by atoms with Crippen molar-refractivity contribution in [3.05, 3.63) is 71.3 Å². The van der Waals surface area contributed by atoms with Gasteiger partial charge in [-0.3, -0.25) is 9.69 Å². The van der Waals surface area contributed by atoms with E-state index in [0.29, 0.717) is 11.1 Å². The van der Waals surface area contributed by atoms with Crippen molar-refractivity contribution in [3.8, 4) is 0 Å². The molecule has 3 heteroatoms. The van der Waals surface area contributed by atoms with Gasteiger partial charge in [0.1, 0.15) is 5.60 Å². The van der Waals surface area contributed by atoms with Crippen LogP contribution in [0.15, 0.2) is 54.6 Å². The molecule has 2 aromatic rings. The molecular formula is C20H25NO2. The predicted molar refractivity (Wildman–Crippen MR) is 93.4 cm³/mol. The summed E-state index contributed by atoms with van der Waals surface area (Å²) in [6, 6.07) is 16.6. The van der Waals surface area contributed by atoms with E-state index in [4.69, 9.17) is 0 Å². The zero-order chi connectivity index (χ0) is 16.9. The van der Waals surface area contributed by atoms with E-state index in [2.05, 4.69) is 18.7 Å². The second-order valence-electron chi connectivity index (χ2n) is 5.93. The van der Waals surface area contributed by atoms with Gasteiger partial charge < -0.3 is 5.11 Å². The molecule has 3 nitrogen and oxygen atoms in total. The average molecular weight is 311 g/mol. The number of hydrogen-bond donors (Lipinski definition) is 1. The maximum absolute atomic E-state index is 12.6. The minimum atomic E-state index is -1.52. The maximum atomic E-state index is 12.6. The molecule has 0 saturated carbocycles. The van der Waals surface area contributed by atoms with Crippen LogP contribution in [0.25, 0.3) is 0 Å². The highest BCUT2D eigenvalue weighted by molar-refractivity contribution is 6.02. The molecule has 2 rings (SSSR count). The Morgan fingerprint density at radius 1 is 1.00 bits per heavy atom. The molecule has 1 atom stereocenters. The minimum Gasteiger partial charge on any atom is -0.377 e. The molecule has 1 N–H and O–H groups in total. The number of ketones is 1. The van der Waals surface area contributed by atoms with Crippen molar-refractivity contribution in [2.24, 2.45) is 0 Å². The Hall–Kier alpha value is -1.97. The van der Waals surface area contributed by atoms with Crippen LogP contribution in [0.2, 0.25) is 0 Å². The van der Waals surface area contributed by atoms with Crippen molar-refractivity contribution < 1.29 is 9.90 Å². The summed E-state index contributed by atoms with van der Waals surface area (Å²) in [6.45, 7) is 8.72. The smallest absolute Gasteiger partial charge is 0.198 e. The maximum Gasteiger partial charge on any atom is 0.198 e. The van der Waals surface area contributed by atoms with Gasteiger partial charge in [0.2, 0.25) is 0 Å². The number of carbonyl (C=O) groups excluding carboxylic acids is 1. The van der Waals surface area contributed by atoms with Crippen molar-refractivity contribution >= 4 is 5.78 Å². The summed E-state index contributed by atoms with van der Waals surface area (Å²) < 4.78 is 0. The van der Waals surface area contributed by atoms with E-state index in [1.54, 1.807) is 31.2 Å². The van der Waals surface area contributed by atoms with Crippen LogP contribution in [-0.4, -0.2) is 28.9 Å².